The first-order valence-corrected chi connectivity index (χ1v) is 10.6. The van der Waals surface area contributed by atoms with E-state index in [0.717, 1.165) is 38.4 Å². The number of amides is 1. The number of aryl methyl sites for hydroxylation is 1. The van der Waals surface area contributed by atoms with E-state index in [-0.39, 0.29) is 11.7 Å². The Morgan fingerprint density at radius 3 is 2.86 bits per heavy atom. The number of fused-ring (bicyclic) bond motifs is 2. The number of rotatable bonds is 4. The van der Waals surface area contributed by atoms with E-state index in [1.54, 1.807) is 12.1 Å². The molecular formula is C21H22FN5OS. The van der Waals surface area contributed by atoms with Gasteiger partial charge in [-0.1, -0.05) is 6.07 Å². The Bertz CT molecular complexity index is 1060. The van der Waals surface area contributed by atoms with Gasteiger partial charge in [-0.05, 0) is 49.1 Å². The van der Waals surface area contributed by atoms with Crippen molar-refractivity contribution < 1.29 is 9.18 Å². The van der Waals surface area contributed by atoms with Gasteiger partial charge in [-0.3, -0.25) is 9.69 Å². The summed E-state index contributed by atoms with van der Waals surface area (Å²) in [5, 5.41) is 11.1. The van der Waals surface area contributed by atoms with Crippen LogP contribution in [0, 0.1) is 24.6 Å². The zero-order chi connectivity index (χ0) is 20.0. The molecule has 150 valence electrons. The maximum absolute atomic E-state index is 13.4. The first-order chi connectivity index (χ1) is 14.0. The van der Waals surface area contributed by atoms with Crippen LogP contribution in [-0.4, -0.2) is 38.7 Å². The Kier molecular flexibility index (Phi) is 4.67. The third-order valence-electron chi connectivity index (χ3n) is 5.80. The van der Waals surface area contributed by atoms with Gasteiger partial charge in [-0.25, -0.2) is 4.39 Å². The normalized spacial score (nSPS) is 21.0. The summed E-state index contributed by atoms with van der Waals surface area (Å²) in [6.45, 7) is 5.95. The number of hydrogen-bond acceptors (Lipinski definition) is 5. The number of likely N-dealkylation sites (tertiary alicyclic amines) is 1. The molecule has 2 aliphatic rings. The van der Waals surface area contributed by atoms with E-state index in [2.05, 4.69) is 39.5 Å². The topological polar surface area (TPSA) is 63.1 Å². The number of halogens is 1. The Morgan fingerprint density at radius 1 is 1.21 bits per heavy atom. The molecule has 1 saturated heterocycles. The molecule has 1 amide bonds. The summed E-state index contributed by atoms with van der Waals surface area (Å²) in [6.07, 6.45) is 0.838. The smallest absolute Gasteiger partial charge is 0.293 e. The minimum atomic E-state index is -0.388. The maximum Gasteiger partial charge on any atom is 0.293 e. The van der Waals surface area contributed by atoms with Crippen molar-refractivity contribution in [2.24, 2.45) is 11.8 Å². The number of carbonyl (C=O) groups is 1. The number of nitrogens with zero attached hydrogens (tertiary/aromatic N) is 4. The molecule has 1 aromatic carbocycles. The van der Waals surface area contributed by atoms with Gasteiger partial charge in [0, 0.05) is 48.0 Å². The fourth-order valence-electron chi connectivity index (χ4n) is 4.46. The number of hydrogen-bond donors (Lipinski definition) is 1. The van der Waals surface area contributed by atoms with Gasteiger partial charge in [0.1, 0.15) is 11.6 Å². The van der Waals surface area contributed by atoms with Crippen molar-refractivity contribution in [2.75, 3.05) is 18.4 Å². The summed E-state index contributed by atoms with van der Waals surface area (Å²) >= 11 is 1.86. The van der Waals surface area contributed by atoms with Gasteiger partial charge in [-0.2, -0.15) is 0 Å². The lowest BCUT2D eigenvalue weighted by atomic mass is 9.89. The summed E-state index contributed by atoms with van der Waals surface area (Å²) in [4.78, 5) is 17.9. The second-order valence-corrected chi connectivity index (χ2v) is 9.32. The van der Waals surface area contributed by atoms with Gasteiger partial charge >= 0.3 is 0 Å². The van der Waals surface area contributed by atoms with Crippen LogP contribution in [0.25, 0.3) is 0 Å². The average molecular weight is 412 g/mol. The average Bonchev–Trinajstić information content (AvgIpc) is 3.37. The van der Waals surface area contributed by atoms with Crippen molar-refractivity contribution in [2.45, 2.75) is 26.4 Å². The zero-order valence-electron chi connectivity index (χ0n) is 16.1. The molecule has 2 aliphatic heterocycles. The molecule has 0 spiro atoms. The van der Waals surface area contributed by atoms with Crippen LogP contribution in [0.4, 0.5) is 10.1 Å². The molecule has 1 N–H and O–H groups in total. The fourth-order valence-corrected chi connectivity index (χ4v) is 5.39. The van der Waals surface area contributed by atoms with Gasteiger partial charge in [0.25, 0.3) is 5.91 Å². The summed E-state index contributed by atoms with van der Waals surface area (Å²) in [5.41, 5.74) is 0.416. The van der Waals surface area contributed by atoms with Crippen LogP contribution in [0.5, 0.6) is 0 Å². The molecule has 0 unspecified atom stereocenters. The van der Waals surface area contributed by atoms with Gasteiger partial charge in [0.15, 0.2) is 0 Å². The van der Waals surface area contributed by atoms with Crippen molar-refractivity contribution in [1.82, 2.24) is 19.7 Å². The first kappa shape index (κ1) is 18.4. The zero-order valence-corrected chi connectivity index (χ0v) is 17.0. The number of thiophene rings is 1. The van der Waals surface area contributed by atoms with Gasteiger partial charge in [0.2, 0.25) is 5.82 Å². The summed E-state index contributed by atoms with van der Waals surface area (Å²) in [5.74, 6) is 1.46. The van der Waals surface area contributed by atoms with E-state index >= 15 is 0 Å². The minimum absolute atomic E-state index is 0.301. The second-order valence-electron chi connectivity index (χ2n) is 7.95. The Balaban J connectivity index is 1.28. The summed E-state index contributed by atoms with van der Waals surface area (Å²) in [6, 6.07) is 10.3. The van der Waals surface area contributed by atoms with Gasteiger partial charge < -0.3 is 9.88 Å². The number of benzene rings is 1. The van der Waals surface area contributed by atoms with E-state index in [9.17, 15) is 9.18 Å². The van der Waals surface area contributed by atoms with E-state index in [4.69, 9.17) is 0 Å². The van der Waals surface area contributed by atoms with Crippen LogP contribution in [-0.2, 0) is 19.5 Å². The van der Waals surface area contributed by atoms with Gasteiger partial charge in [0.05, 0.1) is 0 Å². The van der Waals surface area contributed by atoms with Crippen molar-refractivity contribution in [1.29, 1.82) is 0 Å². The predicted molar refractivity (Wildman–Crippen MR) is 109 cm³/mol. The Hall–Kier alpha value is -2.58. The van der Waals surface area contributed by atoms with Crippen molar-refractivity contribution in [3.8, 4) is 0 Å². The quantitative estimate of drug-likeness (QED) is 0.715. The first-order valence-electron chi connectivity index (χ1n) is 9.82. The molecule has 2 atom stereocenters. The van der Waals surface area contributed by atoms with Crippen LogP contribution in [0.3, 0.4) is 0 Å². The van der Waals surface area contributed by atoms with E-state index in [1.165, 1.54) is 21.9 Å². The largest absolute Gasteiger partial charge is 0.319 e. The van der Waals surface area contributed by atoms with Crippen LogP contribution >= 0.6 is 11.3 Å². The third kappa shape index (κ3) is 3.70. The molecule has 3 aromatic rings. The number of aromatic nitrogens is 3. The lowest BCUT2D eigenvalue weighted by molar-refractivity contribution is 0.100. The molecule has 2 aromatic heterocycles. The molecule has 0 aliphatic carbocycles. The monoisotopic (exact) mass is 411 g/mol. The summed E-state index contributed by atoms with van der Waals surface area (Å²) < 4.78 is 15.3. The number of anilines is 1. The van der Waals surface area contributed by atoms with E-state index in [0.29, 0.717) is 23.3 Å². The Labute approximate surface area is 172 Å². The third-order valence-corrected chi connectivity index (χ3v) is 6.79. The Morgan fingerprint density at radius 2 is 2.07 bits per heavy atom. The molecule has 1 fully saturated rings. The highest BCUT2D eigenvalue weighted by atomic mass is 32.1. The van der Waals surface area contributed by atoms with Crippen LogP contribution in [0.1, 0.15) is 26.2 Å². The minimum Gasteiger partial charge on any atom is -0.319 e. The molecule has 29 heavy (non-hydrogen) atoms. The maximum atomic E-state index is 13.4. The predicted octanol–water partition coefficient (Wildman–Crippen LogP) is 3.34. The highest BCUT2D eigenvalue weighted by Gasteiger charge is 2.39. The van der Waals surface area contributed by atoms with Crippen molar-refractivity contribution in [3.05, 3.63) is 63.6 Å². The highest BCUT2D eigenvalue weighted by Crippen LogP contribution is 2.34. The molecule has 0 radical (unpaired) electrons. The molecule has 0 saturated carbocycles. The van der Waals surface area contributed by atoms with Crippen molar-refractivity contribution in [3.63, 3.8) is 0 Å². The molecule has 5 rings (SSSR count). The summed E-state index contributed by atoms with van der Waals surface area (Å²) in [7, 11) is 0. The lowest BCUT2D eigenvalue weighted by Crippen LogP contribution is -2.31. The van der Waals surface area contributed by atoms with Crippen LogP contribution in [0.15, 0.2) is 36.4 Å². The number of nitrogens with one attached hydrogen (secondary N) is 1. The van der Waals surface area contributed by atoms with Crippen molar-refractivity contribution >= 4 is 22.9 Å². The van der Waals surface area contributed by atoms with E-state index in [1.807, 2.05) is 15.9 Å². The fraction of sp³-hybridized carbons (Fsp3) is 0.381. The molecular weight excluding hydrogens is 389 g/mol. The van der Waals surface area contributed by atoms with Crippen LogP contribution in [0.2, 0.25) is 0 Å². The van der Waals surface area contributed by atoms with Gasteiger partial charge in [-0.15, -0.1) is 21.5 Å². The molecule has 6 nitrogen and oxygen atoms in total. The highest BCUT2D eigenvalue weighted by molar-refractivity contribution is 7.11. The number of carbonyl (C=O) groups excluding carboxylic acids is 1. The molecule has 4 heterocycles. The lowest BCUT2D eigenvalue weighted by Gasteiger charge is -2.25. The standard InChI is InChI=1S/C21H22FN5OS/c1-13-5-6-18(29-13)12-26-9-14-7-19-24-25-20(27(19)11-15(14)10-26)21(28)23-17-4-2-3-16(22)8-17/h2-6,8,14-15H,7,9-12H2,1H3,(H,23,28)/t14-,15+/m1/s1. The molecule has 0 bridgehead atoms. The SMILES string of the molecule is Cc1ccc(CN2C[C@H]3Cc4nnc(C(=O)Nc5cccc(F)c5)n4C[C@@H]3C2)s1. The second kappa shape index (κ2) is 7.35. The molecule has 8 heteroatoms. The van der Waals surface area contributed by atoms with Crippen LogP contribution < -0.4 is 5.32 Å². The van der Waals surface area contributed by atoms with E-state index < -0.39 is 0 Å².